The molecule has 2 aliphatic heterocycles. The molecule has 2 aromatic rings. The molecule has 4 heterocycles. The number of ether oxygens (including phenoxy) is 1. The summed E-state index contributed by atoms with van der Waals surface area (Å²) in [5.74, 6) is -0.165. The van der Waals surface area contributed by atoms with E-state index in [9.17, 15) is 19.2 Å². The number of hydrogen-bond donors (Lipinski definition) is 0. The van der Waals surface area contributed by atoms with Crippen LogP contribution in [0.25, 0.3) is 5.82 Å². The van der Waals surface area contributed by atoms with Gasteiger partial charge in [0.15, 0.2) is 0 Å². The van der Waals surface area contributed by atoms with Gasteiger partial charge in [-0.2, -0.15) is 0 Å². The summed E-state index contributed by atoms with van der Waals surface area (Å²) in [6, 6.07) is 6.08. The highest BCUT2D eigenvalue weighted by Gasteiger charge is 2.43. The van der Waals surface area contributed by atoms with Gasteiger partial charge in [-0.05, 0) is 12.1 Å². The Kier molecular flexibility index (Phi) is 4.42. The summed E-state index contributed by atoms with van der Waals surface area (Å²) in [6.07, 6.45) is 3.42. The maximum Gasteiger partial charge on any atom is 0.260 e. The number of carbonyl (C=O) groups is 3. The second-order valence-electron chi connectivity index (χ2n) is 6.67. The molecule has 28 heavy (non-hydrogen) atoms. The largest absolute Gasteiger partial charge is 0.496 e. The average molecular weight is 382 g/mol. The van der Waals surface area contributed by atoms with E-state index in [0.29, 0.717) is 5.82 Å². The number of carbonyl (C=O) groups excluding carboxylic acids is 3. The van der Waals surface area contributed by atoms with E-state index >= 15 is 0 Å². The van der Waals surface area contributed by atoms with Gasteiger partial charge in [0.2, 0.25) is 11.8 Å². The fourth-order valence-electron chi connectivity index (χ4n) is 3.48. The van der Waals surface area contributed by atoms with Crippen LogP contribution in [0.4, 0.5) is 0 Å². The quantitative estimate of drug-likeness (QED) is 0.701. The van der Waals surface area contributed by atoms with Crippen LogP contribution in [0.15, 0.2) is 41.5 Å². The van der Waals surface area contributed by atoms with Crippen molar-refractivity contribution >= 4 is 17.7 Å². The molecule has 0 radical (unpaired) electrons. The Morgan fingerprint density at radius 1 is 1.14 bits per heavy atom. The molecule has 0 aromatic carbocycles. The molecule has 144 valence electrons. The van der Waals surface area contributed by atoms with Crippen molar-refractivity contribution < 1.29 is 19.1 Å². The Morgan fingerprint density at radius 3 is 2.46 bits per heavy atom. The number of likely N-dealkylation sites (tertiary alicyclic amines) is 2. The van der Waals surface area contributed by atoms with Gasteiger partial charge in [-0.25, -0.2) is 4.98 Å². The highest BCUT2D eigenvalue weighted by atomic mass is 16.5. The molecule has 2 fully saturated rings. The minimum absolute atomic E-state index is 0.166. The smallest absolute Gasteiger partial charge is 0.260 e. The van der Waals surface area contributed by atoms with Crippen molar-refractivity contribution in [1.29, 1.82) is 0 Å². The van der Waals surface area contributed by atoms with Crippen molar-refractivity contribution in [3.63, 3.8) is 0 Å². The average Bonchev–Trinajstić information content (AvgIpc) is 2.99. The number of pyridine rings is 2. The minimum atomic E-state index is -0.373. The number of aromatic nitrogens is 2. The zero-order valence-corrected chi connectivity index (χ0v) is 15.2. The topological polar surface area (TPSA) is 102 Å². The molecule has 0 saturated carbocycles. The minimum Gasteiger partial charge on any atom is -0.496 e. The predicted molar refractivity (Wildman–Crippen MR) is 97.2 cm³/mol. The molecule has 0 spiro atoms. The molecule has 0 bridgehead atoms. The summed E-state index contributed by atoms with van der Waals surface area (Å²) in [7, 11) is 1.39. The van der Waals surface area contributed by atoms with Crippen molar-refractivity contribution in [1.82, 2.24) is 19.4 Å². The van der Waals surface area contributed by atoms with Crippen LogP contribution in [-0.4, -0.2) is 63.3 Å². The lowest BCUT2D eigenvalue weighted by atomic mass is 10.1. The molecule has 2 aromatic heterocycles. The molecule has 9 heteroatoms. The van der Waals surface area contributed by atoms with Gasteiger partial charge in [-0.3, -0.25) is 28.6 Å². The monoisotopic (exact) mass is 382 g/mol. The first kappa shape index (κ1) is 17.9. The molecular weight excluding hydrogens is 364 g/mol. The van der Waals surface area contributed by atoms with E-state index in [0.717, 1.165) is 0 Å². The van der Waals surface area contributed by atoms with Gasteiger partial charge in [0.05, 0.1) is 18.7 Å². The van der Waals surface area contributed by atoms with Gasteiger partial charge in [0.1, 0.15) is 11.6 Å². The fourth-order valence-corrected chi connectivity index (χ4v) is 3.48. The molecule has 0 N–H and O–H groups in total. The predicted octanol–water partition coefficient (Wildman–Crippen LogP) is 0.214. The third-order valence-electron chi connectivity index (χ3n) is 4.97. The van der Waals surface area contributed by atoms with Crippen LogP contribution in [0.1, 0.15) is 23.2 Å². The zero-order chi connectivity index (χ0) is 19.8. The standard InChI is InChI=1S/C19H18N4O5/c1-28-14-8-18(26)22(15-4-2-3-7-20-15)11-13(14)19(27)21-9-12(10-21)23-16(24)5-6-17(23)25/h2-4,7-8,11-12H,5-6,9-10H2,1H3. The maximum atomic E-state index is 12.9. The maximum absolute atomic E-state index is 12.9. The molecule has 2 aliphatic rings. The zero-order valence-electron chi connectivity index (χ0n) is 15.2. The van der Waals surface area contributed by atoms with E-state index in [-0.39, 0.29) is 66.6 Å². The van der Waals surface area contributed by atoms with Crippen molar-refractivity contribution in [2.75, 3.05) is 20.2 Å². The molecule has 2 saturated heterocycles. The van der Waals surface area contributed by atoms with Crippen molar-refractivity contribution in [3.05, 3.63) is 52.6 Å². The highest BCUT2D eigenvalue weighted by molar-refractivity contribution is 6.03. The third-order valence-corrected chi connectivity index (χ3v) is 4.97. The van der Waals surface area contributed by atoms with Crippen LogP contribution in [0.2, 0.25) is 0 Å². The number of amides is 3. The molecule has 0 aliphatic carbocycles. The summed E-state index contributed by atoms with van der Waals surface area (Å²) < 4.78 is 6.50. The van der Waals surface area contributed by atoms with Gasteiger partial charge < -0.3 is 9.64 Å². The van der Waals surface area contributed by atoms with Crippen LogP contribution in [0.3, 0.4) is 0 Å². The van der Waals surface area contributed by atoms with Crippen molar-refractivity contribution in [3.8, 4) is 11.6 Å². The van der Waals surface area contributed by atoms with Crippen molar-refractivity contribution in [2.45, 2.75) is 18.9 Å². The number of rotatable bonds is 4. The number of methoxy groups -OCH3 is 1. The van der Waals surface area contributed by atoms with Crippen molar-refractivity contribution in [2.24, 2.45) is 0 Å². The van der Waals surface area contributed by atoms with E-state index in [1.54, 1.807) is 24.4 Å². The second-order valence-corrected chi connectivity index (χ2v) is 6.67. The van der Waals surface area contributed by atoms with Gasteiger partial charge >= 0.3 is 0 Å². The van der Waals surface area contributed by atoms with E-state index in [4.69, 9.17) is 4.74 Å². The van der Waals surface area contributed by atoms with Gasteiger partial charge in [0.25, 0.3) is 11.5 Å². The lowest BCUT2D eigenvalue weighted by Crippen LogP contribution is -2.62. The molecule has 3 amide bonds. The van der Waals surface area contributed by atoms with E-state index in [1.165, 1.54) is 33.7 Å². The van der Waals surface area contributed by atoms with Crippen LogP contribution in [0, 0.1) is 0 Å². The second kappa shape index (κ2) is 6.91. The first-order chi connectivity index (χ1) is 13.5. The fraction of sp³-hybridized carbons (Fsp3) is 0.316. The number of nitrogens with zero attached hydrogens (tertiary/aromatic N) is 4. The number of hydrogen-bond acceptors (Lipinski definition) is 6. The van der Waals surface area contributed by atoms with E-state index in [1.807, 2.05) is 0 Å². The first-order valence-corrected chi connectivity index (χ1v) is 8.86. The summed E-state index contributed by atoms with van der Waals surface area (Å²) >= 11 is 0. The lowest BCUT2D eigenvalue weighted by molar-refractivity contribution is -0.144. The van der Waals surface area contributed by atoms with Crippen LogP contribution in [-0.2, 0) is 9.59 Å². The van der Waals surface area contributed by atoms with E-state index in [2.05, 4.69) is 4.98 Å². The summed E-state index contributed by atoms with van der Waals surface area (Å²) in [4.78, 5) is 55.9. The normalized spacial score (nSPS) is 17.0. The Hall–Kier alpha value is -3.49. The van der Waals surface area contributed by atoms with E-state index < -0.39 is 0 Å². The SMILES string of the molecule is COc1cc(=O)n(-c2ccccn2)cc1C(=O)N1CC(N2C(=O)CCC2=O)C1. The summed E-state index contributed by atoms with van der Waals surface area (Å²) in [5, 5.41) is 0. The first-order valence-electron chi connectivity index (χ1n) is 8.86. The van der Waals surface area contributed by atoms with Gasteiger partial charge in [-0.15, -0.1) is 0 Å². The molecular formula is C19H18N4O5. The third kappa shape index (κ3) is 2.94. The summed E-state index contributed by atoms with van der Waals surface area (Å²) in [6.45, 7) is 0.532. The molecule has 4 rings (SSSR count). The molecule has 0 unspecified atom stereocenters. The molecule has 0 atom stereocenters. The summed E-state index contributed by atoms with van der Waals surface area (Å²) in [5.41, 5.74) is -0.160. The van der Waals surface area contributed by atoms with Gasteiger partial charge in [-0.1, -0.05) is 6.07 Å². The van der Waals surface area contributed by atoms with Crippen LogP contribution < -0.4 is 10.3 Å². The van der Waals surface area contributed by atoms with Crippen LogP contribution in [0.5, 0.6) is 5.75 Å². The molecule has 9 nitrogen and oxygen atoms in total. The number of imide groups is 1. The Morgan fingerprint density at radius 2 is 1.86 bits per heavy atom. The lowest BCUT2D eigenvalue weighted by Gasteiger charge is -2.43. The highest BCUT2D eigenvalue weighted by Crippen LogP contribution is 2.26. The van der Waals surface area contributed by atoms with Gasteiger partial charge in [0, 0.05) is 44.4 Å². The Labute approximate surface area is 160 Å². The van der Waals surface area contributed by atoms with Crippen LogP contribution >= 0.6 is 0 Å². The Balaban J connectivity index is 1.59. The Bertz CT molecular complexity index is 995.